The van der Waals surface area contributed by atoms with Crippen LogP contribution in [-0.4, -0.2) is 88.0 Å². The highest BCUT2D eigenvalue weighted by Gasteiger charge is 2.57. The lowest BCUT2D eigenvalue weighted by Gasteiger charge is -2.36. The Bertz CT molecular complexity index is 348. The molecule has 1 aliphatic heterocycles. The summed E-state index contributed by atoms with van der Waals surface area (Å²) in [5, 5.41) is 29.7. The van der Waals surface area contributed by atoms with E-state index in [1.54, 1.807) is 12.0 Å². The summed E-state index contributed by atoms with van der Waals surface area (Å²) in [5.41, 5.74) is 5.24. The Morgan fingerprint density at radius 3 is 2.57 bits per heavy atom. The van der Waals surface area contributed by atoms with Crippen LogP contribution in [0.5, 0.6) is 0 Å². The molecule has 0 aromatic heterocycles. The Balaban J connectivity index is 2.74. The van der Waals surface area contributed by atoms with Crippen molar-refractivity contribution in [2.45, 2.75) is 28.2 Å². The van der Waals surface area contributed by atoms with Gasteiger partial charge in [0.1, 0.15) is 15.8 Å². The minimum absolute atomic E-state index is 0.125. The van der Waals surface area contributed by atoms with Crippen molar-refractivity contribution in [1.29, 1.82) is 0 Å². The molecule has 0 aromatic rings. The number of hydrogen-bond acceptors (Lipinski definition) is 7. The number of amides is 1. The van der Waals surface area contributed by atoms with Crippen molar-refractivity contribution in [2.24, 2.45) is 5.73 Å². The van der Waals surface area contributed by atoms with Crippen molar-refractivity contribution in [3.05, 3.63) is 0 Å². The van der Waals surface area contributed by atoms with Crippen molar-refractivity contribution in [1.82, 2.24) is 4.90 Å². The van der Waals surface area contributed by atoms with E-state index >= 15 is 0 Å². The monoisotopic (exact) mass is 418 g/mol. The highest BCUT2D eigenvalue weighted by atomic mass is 127. The van der Waals surface area contributed by atoms with Crippen LogP contribution in [0.25, 0.3) is 0 Å². The number of rotatable bonds is 9. The van der Waals surface area contributed by atoms with Gasteiger partial charge in [0, 0.05) is 13.7 Å². The number of methoxy groups -OCH3 is 1. The van der Waals surface area contributed by atoms with E-state index in [-0.39, 0.29) is 13.0 Å². The highest BCUT2D eigenvalue weighted by Crippen LogP contribution is 2.42. The lowest BCUT2D eigenvalue weighted by Crippen LogP contribution is -2.51. The van der Waals surface area contributed by atoms with Crippen LogP contribution in [0, 0.1) is 0 Å². The minimum atomic E-state index is -1.18. The van der Waals surface area contributed by atoms with Crippen LogP contribution < -0.4 is 5.73 Å². The van der Waals surface area contributed by atoms with Crippen LogP contribution in [-0.2, 0) is 14.3 Å². The standard InChI is InChI=1S/C12H23IN2O6/c1-20-4-5-21-3-2-15-8(7-16)10(18)11(19)12(15,13)6-9(14)17/h8,10-11,16,18-19H,2-7H2,1H3,(H2,14,17)/t8-,10-,11+,12+/m1/s1. The molecule has 4 atom stereocenters. The summed E-state index contributed by atoms with van der Waals surface area (Å²) in [4.78, 5) is 12.9. The highest BCUT2D eigenvalue weighted by molar-refractivity contribution is 14.1. The number of carbonyl (C=O) groups excluding carboxylic acids is 1. The Morgan fingerprint density at radius 2 is 2.05 bits per heavy atom. The smallest absolute Gasteiger partial charge is 0.220 e. The van der Waals surface area contributed by atoms with Gasteiger partial charge in [0.2, 0.25) is 5.91 Å². The quantitative estimate of drug-likeness (QED) is 0.149. The first kappa shape index (κ1) is 19.0. The van der Waals surface area contributed by atoms with Crippen molar-refractivity contribution in [3.63, 3.8) is 0 Å². The van der Waals surface area contributed by atoms with Crippen LogP contribution in [0.2, 0.25) is 0 Å². The molecule has 0 unspecified atom stereocenters. The molecule has 21 heavy (non-hydrogen) atoms. The lowest BCUT2D eigenvalue weighted by atomic mass is 10.1. The lowest BCUT2D eigenvalue weighted by molar-refractivity contribution is -0.120. The summed E-state index contributed by atoms with van der Waals surface area (Å²) in [6, 6.07) is -0.665. The summed E-state index contributed by atoms with van der Waals surface area (Å²) in [7, 11) is 1.57. The van der Waals surface area contributed by atoms with Gasteiger partial charge in [0.15, 0.2) is 0 Å². The van der Waals surface area contributed by atoms with Gasteiger partial charge in [-0.1, -0.05) is 22.6 Å². The minimum Gasteiger partial charge on any atom is -0.395 e. The number of ether oxygens (including phenoxy) is 2. The number of likely N-dealkylation sites (tertiary alicyclic amines) is 1. The van der Waals surface area contributed by atoms with Gasteiger partial charge in [-0.15, -0.1) is 0 Å². The molecule has 9 heteroatoms. The molecule has 0 saturated carbocycles. The maximum Gasteiger partial charge on any atom is 0.220 e. The van der Waals surface area contributed by atoms with Gasteiger partial charge in [-0.05, 0) is 0 Å². The third kappa shape index (κ3) is 4.47. The largest absolute Gasteiger partial charge is 0.395 e. The Kier molecular flexibility index (Phi) is 7.74. The summed E-state index contributed by atoms with van der Waals surface area (Å²) in [6.07, 6.45) is -2.45. The molecule has 8 nitrogen and oxygen atoms in total. The molecule has 124 valence electrons. The number of aliphatic hydroxyl groups is 3. The van der Waals surface area contributed by atoms with Crippen LogP contribution in [0.4, 0.5) is 0 Å². The zero-order chi connectivity index (χ0) is 16.0. The fraction of sp³-hybridized carbons (Fsp3) is 0.917. The van der Waals surface area contributed by atoms with Crippen LogP contribution >= 0.6 is 22.6 Å². The predicted molar refractivity (Wildman–Crippen MR) is 82.9 cm³/mol. The Hall–Kier alpha value is -0.0400. The van der Waals surface area contributed by atoms with Gasteiger partial charge in [0.05, 0.1) is 38.9 Å². The maximum absolute atomic E-state index is 11.3. The van der Waals surface area contributed by atoms with E-state index in [1.807, 2.05) is 22.6 Å². The third-order valence-electron chi connectivity index (χ3n) is 3.57. The Labute approximate surface area is 137 Å². The number of alkyl halides is 1. The first-order valence-corrected chi connectivity index (χ1v) is 7.74. The molecule has 0 aromatic carbocycles. The van der Waals surface area contributed by atoms with Crippen molar-refractivity contribution in [3.8, 4) is 0 Å². The van der Waals surface area contributed by atoms with E-state index in [0.717, 1.165) is 0 Å². The molecule has 1 amide bonds. The molecule has 0 aliphatic carbocycles. The number of aliphatic hydroxyl groups excluding tert-OH is 3. The van der Waals surface area contributed by atoms with Crippen molar-refractivity contribution in [2.75, 3.05) is 40.1 Å². The normalized spacial score (nSPS) is 33.5. The topological polar surface area (TPSA) is 125 Å². The second-order valence-electron chi connectivity index (χ2n) is 4.95. The van der Waals surface area contributed by atoms with E-state index in [4.69, 9.17) is 15.2 Å². The number of nitrogens with zero attached hydrogens (tertiary/aromatic N) is 1. The number of nitrogens with two attached hydrogens (primary N) is 1. The number of halogens is 1. The van der Waals surface area contributed by atoms with E-state index in [9.17, 15) is 20.1 Å². The molecule has 0 bridgehead atoms. The summed E-state index contributed by atoms with van der Waals surface area (Å²) < 4.78 is 9.17. The second kappa shape index (κ2) is 8.56. The van der Waals surface area contributed by atoms with Gasteiger partial charge < -0.3 is 30.5 Å². The molecule has 1 rings (SSSR count). The fourth-order valence-corrected chi connectivity index (χ4v) is 3.86. The first-order chi connectivity index (χ1) is 9.88. The Morgan fingerprint density at radius 1 is 1.38 bits per heavy atom. The van der Waals surface area contributed by atoms with Gasteiger partial charge in [-0.2, -0.15) is 0 Å². The zero-order valence-corrected chi connectivity index (χ0v) is 14.1. The maximum atomic E-state index is 11.3. The number of carbonyl (C=O) groups is 1. The molecular formula is C12H23IN2O6. The molecule has 1 saturated heterocycles. The second-order valence-corrected chi connectivity index (χ2v) is 6.81. The molecule has 5 N–H and O–H groups in total. The van der Waals surface area contributed by atoms with Crippen LogP contribution in [0.15, 0.2) is 0 Å². The molecule has 1 heterocycles. The third-order valence-corrected chi connectivity index (χ3v) is 5.21. The average molecular weight is 418 g/mol. The van der Waals surface area contributed by atoms with E-state index in [1.165, 1.54) is 0 Å². The first-order valence-electron chi connectivity index (χ1n) is 6.66. The summed E-state index contributed by atoms with van der Waals surface area (Å²) >= 11 is 1.91. The molecule has 1 fully saturated rings. The van der Waals surface area contributed by atoms with Gasteiger partial charge in [-0.3, -0.25) is 9.69 Å². The van der Waals surface area contributed by atoms with Gasteiger partial charge >= 0.3 is 0 Å². The average Bonchev–Trinajstić information content (AvgIpc) is 2.59. The summed E-state index contributed by atoms with van der Waals surface area (Å²) in [6.45, 7) is 1.22. The van der Waals surface area contributed by atoms with E-state index < -0.39 is 27.7 Å². The summed E-state index contributed by atoms with van der Waals surface area (Å²) in [5.74, 6) is -0.584. The molecule has 1 aliphatic rings. The van der Waals surface area contributed by atoms with Crippen molar-refractivity contribution >= 4 is 28.5 Å². The van der Waals surface area contributed by atoms with Gasteiger partial charge in [0.25, 0.3) is 0 Å². The van der Waals surface area contributed by atoms with Gasteiger partial charge in [-0.25, -0.2) is 0 Å². The predicted octanol–water partition coefficient (Wildman–Crippen LogP) is -1.95. The number of hydrogen-bond donors (Lipinski definition) is 4. The van der Waals surface area contributed by atoms with Crippen LogP contribution in [0.1, 0.15) is 6.42 Å². The fourth-order valence-electron chi connectivity index (χ4n) is 2.52. The van der Waals surface area contributed by atoms with Crippen LogP contribution in [0.3, 0.4) is 0 Å². The molecule has 0 spiro atoms. The SMILES string of the molecule is COCCOCCN1[C@H](CO)[C@@H](O)[C@H](O)[C@]1(I)CC(N)=O. The zero-order valence-electron chi connectivity index (χ0n) is 11.9. The van der Waals surface area contributed by atoms with E-state index in [0.29, 0.717) is 26.4 Å². The van der Waals surface area contributed by atoms with Crippen molar-refractivity contribution < 1.29 is 29.6 Å². The van der Waals surface area contributed by atoms with E-state index in [2.05, 4.69) is 0 Å². The molecular weight excluding hydrogens is 395 g/mol. The molecule has 0 radical (unpaired) electrons. The number of primary amides is 1.